The third-order valence-corrected chi connectivity index (χ3v) is 5.19. The quantitative estimate of drug-likeness (QED) is 0.310. The molecule has 6 nitrogen and oxygen atoms in total. The smallest absolute Gasteiger partial charge is 0.191 e. The first kappa shape index (κ1) is 22.1. The summed E-state index contributed by atoms with van der Waals surface area (Å²) in [5.74, 6) is 2.67. The summed E-state index contributed by atoms with van der Waals surface area (Å²) in [5.41, 5.74) is 3.36. The van der Waals surface area contributed by atoms with Crippen molar-refractivity contribution in [1.82, 2.24) is 15.6 Å². The van der Waals surface area contributed by atoms with Crippen LogP contribution in [-0.4, -0.2) is 38.7 Å². The molecule has 1 aromatic heterocycles. The zero-order valence-electron chi connectivity index (χ0n) is 17.6. The van der Waals surface area contributed by atoms with E-state index in [1.807, 2.05) is 43.3 Å². The molecule has 0 fully saturated rings. The van der Waals surface area contributed by atoms with Gasteiger partial charge < -0.3 is 20.3 Å². The molecular formula is C23H28IN5O. The van der Waals surface area contributed by atoms with Gasteiger partial charge >= 0.3 is 0 Å². The molecule has 2 N–H and O–H groups in total. The number of ether oxygens (including phenoxy) is 1. The van der Waals surface area contributed by atoms with Crippen LogP contribution in [0.5, 0.6) is 5.75 Å². The maximum atomic E-state index is 5.77. The molecule has 2 heterocycles. The number of aliphatic imine (C=N–C) groups is 1. The lowest BCUT2D eigenvalue weighted by atomic mass is 10.0. The van der Waals surface area contributed by atoms with E-state index in [0.29, 0.717) is 13.2 Å². The Bertz CT molecular complexity index is 1040. The second-order valence-electron chi connectivity index (χ2n) is 7.35. The van der Waals surface area contributed by atoms with Crippen molar-refractivity contribution in [1.29, 1.82) is 0 Å². The number of rotatable bonds is 4. The van der Waals surface area contributed by atoms with Crippen LogP contribution in [0.3, 0.4) is 0 Å². The number of hydrogen-bond acceptors (Lipinski definition) is 4. The highest BCUT2D eigenvalue weighted by atomic mass is 127. The van der Waals surface area contributed by atoms with Gasteiger partial charge in [0.1, 0.15) is 11.6 Å². The van der Waals surface area contributed by atoms with Gasteiger partial charge in [-0.2, -0.15) is 0 Å². The van der Waals surface area contributed by atoms with Crippen molar-refractivity contribution in [3.05, 3.63) is 65.7 Å². The Balaban J connectivity index is 0.00000256. The van der Waals surface area contributed by atoms with E-state index in [1.54, 1.807) is 7.05 Å². The van der Waals surface area contributed by atoms with Gasteiger partial charge in [0.15, 0.2) is 5.96 Å². The summed E-state index contributed by atoms with van der Waals surface area (Å²) >= 11 is 0. The Morgan fingerprint density at radius 1 is 1.17 bits per heavy atom. The van der Waals surface area contributed by atoms with Crippen molar-refractivity contribution < 1.29 is 4.74 Å². The van der Waals surface area contributed by atoms with E-state index >= 15 is 0 Å². The number of anilines is 1. The summed E-state index contributed by atoms with van der Waals surface area (Å²) in [6.45, 7) is 1.36. The topological polar surface area (TPSA) is 61.8 Å². The number of guanidine groups is 1. The number of nitrogens with one attached hydrogen (secondary N) is 2. The average Bonchev–Trinajstić information content (AvgIpc) is 2.76. The summed E-state index contributed by atoms with van der Waals surface area (Å²) in [5, 5.41) is 8.17. The minimum atomic E-state index is 0. The molecule has 1 atom stereocenters. The van der Waals surface area contributed by atoms with Crippen LogP contribution in [0.1, 0.15) is 23.6 Å². The number of hydrogen-bond donors (Lipinski definition) is 2. The van der Waals surface area contributed by atoms with E-state index in [9.17, 15) is 0 Å². The van der Waals surface area contributed by atoms with Crippen LogP contribution in [0.25, 0.3) is 10.9 Å². The van der Waals surface area contributed by atoms with Gasteiger partial charge in [0.05, 0.1) is 18.2 Å². The molecule has 0 radical (unpaired) electrons. The van der Waals surface area contributed by atoms with Crippen molar-refractivity contribution >= 4 is 46.7 Å². The molecule has 1 aliphatic rings. The van der Waals surface area contributed by atoms with Gasteiger partial charge in [-0.25, -0.2) is 4.98 Å². The lowest BCUT2D eigenvalue weighted by molar-refractivity contribution is 0.261. The average molecular weight is 517 g/mol. The number of nitrogens with zero attached hydrogens (tertiary/aromatic N) is 3. The maximum absolute atomic E-state index is 5.77. The first-order valence-corrected chi connectivity index (χ1v) is 9.90. The van der Waals surface area contributed by atoms with Crippen LogP contribution in [-0.2, 0) is 6.54 Å². The molecular weight excluding hydrogens is 489 g/mol. The van der Waals surface area contributed by atoms with Gasteiger partial charge in [-0.3, -0.25) is 4.99 Å². The molecule has 0 saturated carbocycles. The molecule has 0 spiro atoms. The van der Waals surface area contributed by atoms with Crippen molar-refractivity contribution in [2.24, 2.45) is 4.99 Å². The van der Waals surface area contributed by atoms with E-state index in [1.165, 1.54) is 11.1 Å². The highest BCUT2D eigenvalue weighted by Gasteiger charge is 2.21. The van der Waals surface area contributed by atoms with Gasteiger partial charge in [0, 0.05) is 45.1 Å². The van der Waals surface area contributed by atoms with Gasteiger partial charge in [-0.1, -0.05) is 36.4 Å². The predicted octanol–water partition coefficient (Wildman–Crippen LogP) is 4.11. The fourth-order valence-electron chi connectivity index (χ4n) is 3.64. The minimum absolute atomic E-state index is 0. The van der Waals surface area contributed by atoms with Crippen molar-refractivity contribution in [2.45, 2.75) is 19.0 Å². The minimum Gasteiger partial charge on any atom is -0.493 e. The largest absolute Gasteiger partial charge is 0.493 e. The van der Waals surface area contributed by atoms with Crippen LogP contribution < -0.4 is 20.3 Å². The van der Waals surface area contributed by atoms with Crippen LogP contribution in [0.4, 0.5) is 5.82 Å². The highest BCUT2D eigenvalue weighted by Crippen LogP contribution is 2.31. The van der Waals surface area contributed by atoms with Gasteiger partial charge in [0.25, 0.3) is 0 Å². The van der Waals surface area contributed by atoms with E-state index in [0.717, 1.165) is 34.9 Å². The van der Waals surface area contributed by atoms with Crippen molar-refractivity contribution in [3.63, 3.8) is 0 Å². The lowest BCUT2D eigenvalue weighted by Crippen LogP contribution is -2.40. The molecule has 7 heteroatoms. The Morgan fingerprint density at radius 2 is 1.93 bits per heavy atom. The van der Waals surface area contributed by atoms with Gasteiger partial charge in [-0.15, -0.1) is 24.0 Å². The van der Waals surface area contributed by atoms with Gasteiger partial charge in [0.2, 0.25) is 0 Å². The normalized spacial score (nSPS) is 15.6. The maximum Gasteiger partial charge on any atom is 0.191 e. The molecule has 0 amide bonds. The fourth-order valence-corrected chi connectivity index (χ4v) is 3.64. The van der Waals surface area contributed by atoms with Crippen molar-refractivity contribution in [3.8, 4) is 5.75 Å². The number of aromatic nitrogens is 1. The van der Waals surface area contributed by atoms with E-state index < -0.39 is 0 Å². The summed E-state index contributed by atoms with van der Waals surface area (Å²) in [4.78, 5) is 11.2. The molecule has 2 aromatic carbocycles. The summed E-state index contributed by atoms with van der Waals surface area (Å²) in [7, 11) is 5.82. The SMILES string of the molecule is CN=C(NCc1cc(N(C)C)nc2ccccc12)NC1CCOc2ccccc21.I. The fraction of sp³-hybridized carbons (Fsp3) is 0.304. The first-order valence-electron chi connectivity index (χ1n) is 9.90. The number of benzene rings is 2. The number of halogens is 1. The van der Waals surface area contributed by atoms with E-state index in [-0.39, 0.29) is 30.0 Å². The molecule has 1 unspecified atom stereocenters. The second kappa shape index (κ2) is 9.97. The van der Waals surface area contributed by atoms with Crippen LogP contribution in [0, 0.1) is 0 Å². The zero-order valence-corrected chi connectivity index (χ0v) is 19.9. The van der Waals surface area contributed by atoms with Crippen LogP contribution in [0.2, 0.25) is 0 Å². The molecule has 1 aliphatic heterocycles. The predicted molar refractivity (Wildman–Crippen MR) is 134 cm³/mol. The van der Waals surface area contributed by atoms with E-state index in [4.69, 9.17) is 9.72 Å². The van der Waals surface area contributed by atoms with Crippen LogP contribution in [0.15, 0.2) is 59.6 Å². The monoisotopic (exact) mass is 517 g/mol. The lowest BCUT2D eigenvalue weighted by Gasteiger charge is -2.28. The third kappa shape index (κ3) is 4.77. The number of pyridine rings is 1. The molecule has 0 saturated heterocycles. The van der Waals surface area contributed by atoms with Crippen molar-refractivity contribution in [2.75, 3.05) is 32.6 Å². The number of fused-ring (bicyclic) bond motifs is 2. The molecule has 158 valence electrons. The second-order valence-corrected chi connectivity index (χ2v) is 7.35. The highest BCUT2D eigenvalue weighted by molar-refractivity contribution is 14.0. The Kier molecular flexibility index (Phi) is 7.36. The Hall–Kier alpha value is -2.55. The van der Waals surface area contributed by atoms with E-state index in [2.05, 4.69) is 46.0 Å². The summed E-state index contributed by atoms with van der Waals surface area (Å²) < 4.78 is 5.77. The molecule has 30 heavy (non-hydrogen) atoms. The Morgan fingerprint density at radius 3 is 2.73 bits per heavy atom. The standard InChI is InChI=1S/C23H27N5O.HI/c1-24-23(27-20-12-13-29-21-11-7-5-9-18(20)21)25-15-16-14-22(28(2)3)26-19-10-6-4-8-17(16)19;/h4-11,14,20H,12-13,15H2,1-3H3,(H2,24,25,27);1H. The zero-order chi connectivity index (χ0) is 20.2. The van der Waals surface area contributed by atoms with Crippen LogP contribution >= 0.6 is 24.0 Å². The van der Waals surface area contributed by atoms with Gasteiger partial charge in [-0.05, 0) is 23.8 Å². The third-order valence-electron chi connectivity index (χ3n) is 5.19. The molecule has 0 aliphatic carbocycles. The number of para-hydroxylation sites is 2. The molecule has 3 aromatic rings. The molecule has 4 rings (SSSR count). The Labute approximate surface area is 194 Å². The molecule has 0 bridgehead atoms. The summed E-state index contributed by atoms with van der Waals surface area (Å²) in [6.07, 6.45) is 0.903. The summed E-state index contributed by atoms with van der Waals surface area (Å²) in [6, 6.07) is 18.7. The first-order chi connectivity index (χ1) is 14.2.